The van der Waals surface area contributed by atoms with Crippen molar-refractivity contribution in [3.8, 4) is 0 Å². The summed E-state index contributed by atoms with van der Waals surface area (Å²) >= 11 is 1.51. The van der Waals surface area contributed by atoms with Crippen LogP contribution in [0, 0.1) is 5.41 Å². The molecule has 6 nitrogen and oxygen atoms in total. The standard InChI is InChI=1S/C16H23N5OS/c1-3-13-19-21-14(22)8-11(18-15(21)23-13)9-20(2)12-4-7-17-10-16(12)5-6-16/h8,12,17H,3-7,9-10H2,1-2H3. The van der Waals surface area contributed by atoms with Gasteiger partial charge in [-0.2, -0.15) is 9.61 Å². The highest BCUT2D eigenvalue weighted by molar-refractivity contribution is 7.16. The van der Waals surface area contributed by atoms with Gasteiger partial charge in [-0.3, -0.25) is 9.69 Å². The molecule has 23 heavy (non-hydrogen) atoms. The first-order valence-corrected chi connectivity index (χ1v) is 9.22. The molecular formula is C16H23N5OS. The molecule has 1 unspecified atom stereocenters. The number of piperidine rings is 1. The van der Waals surface area contributed by atoms with Gasteiger partial charge < -0.3 is 5.32 Å². The lowest BCUT2D eigenvalue weighted by Crippen LogP contribution is -2.49. The minimum absolute atomic E-state index is 0.0687. The summed E-state index contributed by atoms with van der Waals surface area (Å²) < 4.78 is 1.43. The van der Waals surface area contributed by atoms with Crippen molar-refractivity contribution in [1.29, 1.82) is 0 Å². The van der Waals surface area contributed by atoms with Gasteiger partial charge in [0, 0.05) is 25.2 Å². The normalized spacial score (nSPS) is 23.0. The summed E-state index contributed by atoms with van der Waals surface area (Å²) in [4.78, 5) is 20.0. The summed E-state index contributed by atoms with van der Waals surface area (Å²) in [5.74, 6) is 0. The van der Waals surface area contributed by atoms with E-state index in [9.17, 15) is 4.79 Å². The molecule has 1 saturated heterocycles. The van der Waals surface area contributed by atoms with E-state index in [1.807, 2.05) is 6.92 Å². The monoisotopic (exact) mass is 333 g/mol. The Morgan fingerprint density at radius 3 is 3.09 bits per heavy atom. The zero-order chi connectivity index (χ0) is 16.0. The Morgan fingerprint density at radius 2 is 2.35 bits per heavy atom. The summed E-state index contributed by atoms with van der Waals surface area (Å²) in [5, 5.41) is 8.79. The molecule has 2 aromatic rings. The fraction of sp³-hybridized carbons (Fsp3) is 0.688. The van der Waals surface area contributed by atoms with Gasteiger partial charge >= 0.3 is 0 Å². The molecule has 2 aliphatic rings. The van der Waals surface area contributed by atoms with Gasteiger partial charge in [0.15, 0.2) is 0 Å². The highest BCUT2D eigenvalue weighted by atomic mass is 32.1. The van der Waals surface area contributed by atoms with Crippen molar-refractivity contribution in [2.24, 2.45) is 5.41 Å². The van der Waals surface area contributed by atoms with Crippen LogP contribution in [-0.4, -0.2) is 45.7 Å². The third-order valence-electron chi connectivity index (χ3n) is 5.26. The van der Waals surface area contributed by atoms with E-state index >= 15 is 0 Å². The van der Waals surface area contributed by atoms with E-state index in [2.05, 4.69) is 27.3 Å². The van der Waals surface area contributed by atoms with Gasteiger partial charge in [-0.05, 0) is 44.7 Å². The predicted octanol–water partition coefficient (Wildman–Crippen LogP) is 1.29. The summed E-state index contributed by atoms with van der Waals surface area (Å²) in [7, 11) is 2.17. The molecule has 2 aromatic heterocycles. The minimum atomic E-state index is -0.0687. The number of nitrogens with zero attached hydrogens (tertiary/aromatic N) is 4. The fourth-order valence-electron chi connectivity index (χ4n) is 3.84. The van der Waals surface area contributed by atoms with Crippen molar-refractivity contribution in [2.75, 3.05) is 20.1 Å². The maximum Gasteiger partial charge on any atom is 0.275 e. The largest absolute Gasteiger partial charge is 0.316 e. The van der Waals surface area contributed by atoms with Gasteiger partial charge in [0.25, 0.3) is 5.56 Å². The Morgan fingerprint density at radius 1 is 1.52 bits per heavy atom. The molecule has 1 spiro atoms. The van der Waals surface area contributed by atoms with Crippen molar-refractivity contribution in [3.63, 3.8) is 0 Å². The molecule has 0 amide bonds. The van der Waals surface area contributed by atoms with Gasteiger partial charge in [0.1, 0.15) is 5.01 Å². The summed E-state index contributed by atoms with van der Waals surface area (Å²) in [6.07, 6.45) is 4.65. The quantitative estimate of drug-likeness (QED) is 0.913. The summed E-state index contributed by atoms with van der Waals surface area (Å²) in [5.41, 5.74) is 1.25. The predicted molar refractivity (Wildman–Crippen MR) is 90.9 cm³/mol. The Kier molecular flexibility index (Phi) is 3.74. The molecule has 3 heterocycles. The lowest BCUT2D eigenvalue weighted by atomic mass is 9.89. The van der Waals surface area contributed by atoms with E-state index in [-0.39, 0.29) is 5.56 Å². The van der Waals surface area contributed by atoms with Crippen molar-refractivity contribution in [3.05, 3.63) is 27.1 Å². The molecule has 124 valence electrons. The second kappa shape index (κ2) is 5.65. The van der Waals surface area contributed by atoms with Gasteiger partial charge in [0.2, 0.25) is 4.96 Å². The third kappa shape index (κ3) is 2.70. The number of aryl methyl sites for hydroxylation is 1. The molecule has 1 saturated carbocycles. The average Bonchev–Trinajstić information content (AvgIpc) is 3.15. The molecule has 1 N–H and O–H groups in total. The second-order valence-electron chi connectivity index (χ2n) is 6.89. The van der Waals surface area contributed by atoms with Crippen LogP contribution >= 0.6 is 11.3 Å². The molecule has 1 aliphatic carbocycles. The number of aromatic nitrogens is 3. The first-order chi connectivity index (χ1) is 11.1. The molecule has 1 aliphatic heterocycles. The second-order valence-corrected chi connectivity index (χ2v) is 7.93. The summed E-state index contributed by atoms with van der Waals surface area (Å²) in [6, 6.07) is 2.24. The van der Waals surface area contributed by atoms with Crippen LogP contribution in [0.15, 0.2) is 10.9 Å². The van der Waals surface area contributed by atoms with Crippen LogP contribution in [0.2, 0.25) is 0 Å². The van der Waals surface area contributed by atoms with Crippen LogP contribution < -0.4 is 10.9 Å². The molecular weight excluding hydrogens is 310 g/mol. The Labute approximate surface area is 139 Å². The van der Waals surface area contributed by atoms with Crippen LogP contribution in [0.1, 0.15) is 36.9 Å². The van der Waals surface area contributed by atoms with Gasteiger partial charge in [-0.25, -0.2) is 4.98 Å². The van der Waals surface area contributed by atoms with Crippen LogP contribution in [0.5, 0.6) is 0 Å². The van der Waals surface area contributed by atoms with Gasteiger partial charge in [-0.1, -0.05) is 18.3 Å². The fourth-order valence-corrected chi connectivity index (χ4v) is 4.70. The maximum absolute atomic E-state index is 12.3. The highest BCUT2D eigenvalue weighted by Crippen LogP contribution is 2.52. The van der Waals surface area contributed by atoms with Crippen molar-refractivity contribution < 1.29 is 0 Å². The van der Waals surface area contributed by atoms with Crippen LogP contribution in [0.25, 0.3) is 4.96 Å². The lowest BCUT2D eigenvalue weighted by molar-refractivity contribution is 0.117. The topological polar surface area (TPSA) is 62.5 Å². The van der Waals surface area contributed by atoms with E-state index in [0.29, 0.717) is 16.4 Å². The van der Waals surface area contributed by atoms with Crippen molar-refractivity contribution >= 4 is 16.3 Å². The van der Waals surface area contributed by atoms with Crippen molar-refractivity contribution in [2.45, 2.75) is 45.2 Å². The lowest BCUT2D eigenvalue weighted by Gasteiger charge is -2.38. The molecule has 2 fully saturated rings. The smallest absolute Gasteiger partial charge is 0.275 e. The SMILES string of the molecule is CCc1nn2c(=O)cc(CN(C)C3CCNCC34CC4)nc2s1. The van der Waals surface area contributed by atoms with Crippen molar-refractivity contribution in [1.82, 2.24) is 24.8 Å². The van der Waals surface area contributed by atoms with Crippen LogP contribution in [0.4, 0.5) is 0 Å². The van der Waals surface area contributed by atoms with Gasteiger partial charge in [0.05, 0.1) is 5.69 Å². The maximum atomic E-state index is 12.3. The molecule has 7 heteroatoms. The van der Waals surface area contributed by atoms with Crippen LogP contribution in [-0.2, 0) is 13.0 Å². The molecule has 0 bridgehead atoms. The first kappa shape index (κ1) is 15.2. The third-order valence-corrected chi connectivity index (χ3v) is 6.31. The number of fused-ring (bicyclic) bond motifs is 1. The van der Waals surface area contributed by atoms with E-state index in [4.69, 9.17) is 0 Å². The van der Waals surface area contributed by atoms with Gasteiger partial charge in [-0.15, -0.1) is 0 Å². The van der Waals surface area contributed by atoms with E-state index in [0.717, 1.165) is 36.8 Å². The highest BCUT2D eigenvalue weighted by Gasteiger charge is 2.51. The zero-order valence-electron chi connectivity index (χ0n) is 13.7. The number of rotatable bonds is 4. The van der Waals surface area contributed by atoms with Crippen LogP contribution in [0.3, 0.4) is 0 Å². The number of hydrogen-bond acceptors (Lipinski definition) is 6. The number of nitrogens with one attached hydrogen (secondary N) is 1. The molecule has 4 rings (SSSR count). The number of hydrogen-bond donors (Lipinski definition) is 1. The first-order valence-electron chi connectivity index (χ1n) is 8.41. The van der Waals surface area contributed by atoms with E-state index < -0.39 is 0 Å². The van der Waals surface area contributed by atoms with E-state index in [1.165, 1.54) is 35.1 Å². The Hall–Kier alpha value is -1.31. The zero-order valence-corrected chi connectivity index (χ0v) is 14.5. The Balaban J connectivity index is 1.58. The minimum Gasteiger partial charge on any atom is -0.316 e. The molecule has 0 aromatic carbocycles. The summed E-state index contributed by atoms with van der Waals surface area (Å²) in [6.45, 7) is 4.99. The molecule has 0 radical (unpaired) electrons. The molecule has 1 atom stereocenters. The van der Waals surface area contributed by atoms with E-state index in [1.54, 1.807) is 6.07 Å². The Bertz CT molecular complexity index is 778. The average molecular weight is 333 g/mol.